The van der Waals surface area contributed by atoms with Crippen molar-refractivity contribution >= 4 is 46.0 Å². The van der Waals surface area contributed by atoms with Crippen molar-refractivity contribution < 1.29 is 9.90 Å². The number of phenolic OH excluding ortho intramolecular Hbond substituents is 1. The minimum atomic E-state index is -0.135. The fraction of sp³-hybridized carbons (Fsp3) is 0.0588. The molecule has 1 aliphatic heterocycles. The molecule has 1 aliphatic rings. The summed E-state index contributed by atoms with van der Waals surface area (Å²) in [6, 6.07) is 14.5. The Morgan fingerprint density at radius 2 is 1.95 bits per heavy atom. The molecule has 1 heterocycles. The zero-order valence-corrected chi connectivity index (χ0v) is 13.4. The van der Waals surface area contributed by atoms with Crippen molar-refractivity contribution in [1.29, 1.82) is 0 Å². The maximum atomic E-state index is 12.6. The van der Waals surface area contributed by atoms with E-state index >= 15 is 0 Å². The molecule has 1 fully saturated rings. The molecule has 0 saturated carbocycles. The third-order valence-electron chi connectivity index (χ3n) is 3.22. The zero-order chi connectivity index (χ0) is 15.7. The second kappa shape index (κ2) is 5.94. The average molecular weight is 327 g/mol. The minimum absolute atomic E-state index is 0.135. The van der Waals surface area contributed by atoms with Crippen molar-refractivity contribution in [2.24, 2.45) is 0 Å². The van der Waals surface area contributed by atoms with Crippen LogP contribution in [0.3, 0.4) is 0 Å². The number of carbonyl (C=O) groups is 1. The van der Waals surface area contributed by atoms with Crippen LogP contribution in [0.15, 0.2) is 53.4 Å². The van der Waals surface area contributed by atoms with Crippen molar-refractivity contribution in [1.82, 2.24) is 0 Å². The Kier molecular flexibility index (Phi) is 4.00. The Morgan fingerprint density at radius 3 is 2.68 bits per heavy atom. The molecule has 0 radical (unpaired) electrons. The van der Waals surface area contributed by atoms with E-state index in [1.54, 1.807) is 29.2 Å². The fourth-order valence-corrected chi connectivity index (χ4v) is 3.52. The number of anilines is 1. The van der Waals surface area contributed by atoms with Gasteiger partial charge in [0.15, 0.2) is 4.32 Å². The molecule has 110 valence electrons. The number of amides is 1. The number of benzene rings is 2. The van der Waals surface area contributed by atoms with Crippen molar-refractivity contribution in [3.63, 3.8) is 0 Å². The smallest absolute Gasteiger partial charge is 0.270 e. The maximum absolute atomic E-state index is 12.6. The second-order valence-corrected chi connectivity index (χ2v) is 6.63. The lowest BCUT2D eigenvalue weighted by Crippen LogP contribution is -2.27. The van der Waals surface area contributed by atoms with E-state index in [1.807, 2.05) is 37.3 Å². The summed E-state index contributed by atoms with van der Waals surface area (Å²) < 4.78 is 0.516. The van der Waals surface area contributed by atoms with Crippen molar-refractivity contribution in [2.45, 2.75) is 6.92 Å². The molecule has 22 heavy (non-hydrogen) atoms. The molecule has 3 nitrogen and oxygen atoms in total. The van der Waals surface area contributed by atoms with Crippen LogP contribution in [0.25, 0.3) is 6.08 Å². The standard InChI is InChI=1S/C17H13NO2S2/c1-11-4-2-6-13(8-11)18-16(20)15(22-17(18)21)10-12-5-3-7-14(19)9-12/h2-10,19H,1H3/b15-10-. The van der Waals surface area contributed by atoms with Crippen LogP contribution in [-0.4, -0.2) is 15.3 Å². The number of carbonyl (C=O) groups excluding carboxylic acids is 1. The Bertz CT molecular complexity index is 799. The van der Waals surface area contributed by atoms with Gasteiger partial charge in [-0.1, -0.05) is 48.2 Å². The number of aromatic hydroxyl groups is 1. The summed E-state index contributed by atoms with van der Waals surface area (Å²) in [5.41, 5.74) is 2.62. The lowest BCUT2D eigenvalue weighted by atomic mass is 10.2. The topological polar surface area (TPSA) is 40.5 Å². The number of thiocarbonyl (C=S) groups is 1. The van der Waals surface area contributed by atoms with Gasteiger partial charge >= 0.3 is 0 Å². The van der Waals surface area contributed by atoms with Crippen LogP contribution in [0.2, 0.25) is 0 Å². The molecule has 0 aliphatic carbocycles. The molecule has 1 amide bonds. The van der Waals surface area contributed by atoms with Gasteiger partial charge in [-0.05, 0) is 48.4 Å². The molecule has 5 heteroatoms. The quantitative estimate of drug-likeness (QED) is 0.666. The lowest BCUT2D eigenvalue weighted by molar-refractivity contribution is -0.113. The minimum Gasteiger partial charge on any atom is -0.508 e. The number of thioether (sulfide) groups is 1. The molecular weight excluding hydrogens is 314 g/mol. The van der Waals surface area contributed by atoms with E-state index in [0.29, 0.717) is 9.23 Å². The molecule has 0 bridgehead atoms. The van der Waals surface area contributed by atoms with Crippen LogP contribution in [0.1, 0.15) is 11.1 Å². The van der Waals surface area contributed by atoms with Crippen LogP contribution in [0.4, 0.5) is 5.69 Å². The second-order valence-electron chi connectivity index (χ2n) is 4.95. The van der Waals surface area contributed by atoms with E-state index in [2.05, 4.69) is 0 Å². The first-order valence-electron chi connectivity index (χ1n) is 6.68. The highest BCUT2D eigenvalue weighted by molar-refractivity contribution is 8.27. The molecule has 0 aromatic heterocycles. The Hall–Kier alpha value is -2.11. The van der Waals surface area contributed by atoms with E-state index in [1.165, 1.54) is 11.8 Å². The predicted octanol–water partition coefficient (Wildman–Crippen LogP) is 4.11. The zero-order valence-electron chi connectivity index (χ0n) is 11.8. The molecule has 0 unspecified atom stereocenters. The normalized spacial score (nSPS) is 16.6. The highest BCUT2D eigenvalue weighted by Crippen LogP contribution is 2.36. The molecule has 2 aromatic carbocycles. The lowest BCUT2D eigenvalue weighted by Gasteiger charge is -2.14. The number of phenols is 1. The Labute approximate surface area is 138 Å². The van der Waals surface area contributed by atoms with Gasteiger partial charge in [0.25, 0.3) is 5.91 Å². The third kappa shape index (κ3) is 2.91. The molecule has 0 spiro atoms. The highest BCUT2D eigenvalue weighted by atomic mass is 32.2. The van der Waals surface area contributed by atoms with E-state index in [-0.39, 0.29) is 11.7 Å². The molecular formula is C17H13NO2S2. The Balaban J connectivity index is 1.95. The molecule has 3 rings (SSSR count). The van der Waals surface area contributed by atoms with Gasteiger partial charge in [0.05, 0.1) is 10.6 Å². The van der Waals surface area contributed by atoms with Crippen LogP contribution in [-0.2, 0) is 4.79 Å². The first-order chi connectivity index (χ1) is 10.5. The maximum Gasteiger partial charge on any atom is 0.270 e. The number of aryl methyl sites for hydroxylation is 1. The first kappa shape index (κ1) is 14.8. The number of rotatable bonds is 2. The van der Waals surface area contributed by atoms with E-state index in [9.17, 15) is 9.90 Å². The fourth-order valence-electron chi connectivity index (χ4n) is 2.22. The van der Waals surface area contributed by atoms with Gasteiger partial charge in [-0.3, -0.25) is 9.69 Å². The molecule has 1 N–H and O–H groups in total. The van der Waals surface area contributed by atoms with E-state index in [4.69, 9.17) is 12.2 Å². The monoisotopic (exact) mass is 327 g/mol. The summed E-state index contributed by atoms with van der Waals surface area (Å²) in [4.78, 5) is 14.7. The summed E-state index contributed by atoms with van der Waals surface area (Å²) in [6.45, 7) is 1.98. The molecule has 2 aromatic rings. The molecule has 1 saturated heterocycles. The van der Waals surface area contributed by atoms with Gasteiger partial charge in [-0.2, -0.15) is 0 Å². The van der Waals surface area contributed by atoms with E-state index < -0.39 is 0 Å². The summed E-state index contributed by atoms with van der Waals surface area (Å²) in [6.07, 6.45) is 1.74. The summed E-state index contributed by atoms with van der Waals surface area (Å²) >= 11 is 6.61. The number of hydrogen-bond acceptors (Lipinski definition) is 4. The van der Waals surface area contributed by atoms with Crippen molar-refractivity contribution in [2.75, 3.05) is 4.90 Å². The van der Waals surface area contributed by atoms with Gasteiger partial charge in [-0.15, -0.1) is 0 Å². The SMILES string of the molecule is Cc1cccc(N2C(=O)/C(=C/c3cccc(O)c3)SC2=S)c1. The van der Waals surface area contributed by atoms with Gasteiger partial charge < -0.3 is 5.11 Å². The summed E-state index contributed by atoms with van der Waals surface area (Å²) in [5, 5.41) is 9.51. The van der Waals surface area contributed by atoms with Crippen molar-refractivity contribution in [3.05, 3.63) is 64.6 Å². The third-order valence-corrected chi connectivity index (χ3v) is 4.52. The first-order valence-corrected chi connectivity index (χ1v) is 7.91. The Morgan fingerprint density at radius 1 is 1.18 bits per heavy atom. The van der Waals surface area contributed by atoms with Crippen LogP contribution in [0.5, 0.6) is 5.75 Å². The highest BCUT2D eigenvalue weighted by Gasteiger charge is 2.33. The van der Waals surface area contributed by atoms with Crippen LogP contribution in [0, 0.1) is 6.92 Å². The van der Waals surface area contributed by atoms with Crippen molar-refractivity contribution in [3.8, 4) is 5.75 Å². The van der Waals surface area contributed by atoms with Crippen LogP contribution < -0.4 is 4.90 Å². The van der Waals surface area contributed by atoms with Gasteiger partial charge in [0.1, 0.15) is 5.75 Å². The molecule has 0 atom stereocenters. The van der Waals surface area contributed by atoms with Gasteiger partial charge in [0, 0.05) is 0 Å². The largest absolute Gasteiger partial charge is 0.508 e. The van der Waals surface area contributed by atoms with Gasteiger partial charge in [-0.25, -0.2) is 0 Å². The summed E-state index contributed by atoms with van der Waals surface area (Å²) in [7, 11) is 0. The number of hydrogen-bond donors (Lipinski definition) is 1. The average Bonchev–Trinajstić information content (AvgIpc) is 2.73. The van der Waals surface area contributed by atoms with E-state index in [0.717, 1.165) is 16.8 Å². The number of nitrogens with zero attached hydrogens (tertiary/aromatic N) is 1. The summed E-state index contributed by atoms with van der Waals surface area (Å²) in [5.74, 6) is 0.0341. The van der Waals surface area contributed by atoms with Crippen LogP contribution >= 0.6 is 24.0 Å². The van der Waals surface area contributed by atoms with Gasteiger partial charge in [0.2, 0.25) is 0 Å². The predicted molar refractivity (Wildman–Crippen MR) is 94.9 cm³/mol.